The third kappa shape index (κ3) is 2.45. The number of rotatable bonds is 2. The molecule has 1 N–H and O–H groups in total. The molecule has 5 nitrogen and oxygen atoms in total. The molecule has 0 amide bonds. The van der Waals surface area contributed by atoms with Crippen molar-refractivity contribution < 1.29 is 0 Å². The quantitative estimate of drug-likeness (QED) is 0.789. The molecule has 0 spiro atoms. The molecule has 0 aliphatic carbocycles. The predicted molar refractivity (Wildman–Crippen MR) is 75.4 cm³/mol. The van der Waals surface area contributed by atoms with Gasteiger partial charge in [0.2, 0.25) is 0 Å². The number of nitrogens with one attached hydrogen (secondary N) is 1. The fourth-order valence-electron chi connectivity index (χ4n) is 1.72. The number of aryl methyl sites for hydroxylation is 1. The zero-order valence-corrected chi connectivity index (χ0v) is 11.5. The summed E-state index contributed by atoms with van der Waals surface area (Å²) in [4.78, 5) is 19.7. The fraction of sp³-hybridized carbons (Fsp3) is 0.0833. The molecule has 0 atom stereocenters. The van der Waals surface area contributed by atoms with Crippen LogP contribution in [0.4, 0.5) is 0 Å². The summed E-state index contributed by atoms with van der Waals surface area (Å²) < 4.78 is 2.32. The van der Waals surface area contributed by atoms with Crippen LogP contribution in [0.3, 0.4) is 0 Å². The highest BCUT2D eigenvalue weighted by molar-refractivity contribution is 7.19. The van der Waals surface area contributed by atoms with Crippen LogP contribution in [0.1, 0.15) is 0 Å². The summed E-state index contributed by atoms with van der Waals surface area (Å²) in [5, 5.41) is 4.08. The zero-order valence-electron chi connectivity index (χ0n) is 9.92. The monoisotopic (exact) mass is 292 g/mol. The number of H-pyrrole nitrogens is 1. The third-order valence-corrected chi connectivity index (χ3v) is 3.79. The Bertz CT molecular complexity index is 727. The summed E-state index contributed by atoms with van der Waals surface area (Å²) in [5.41, 5.74) is 1.20. The number of nitrogens with zero attached hydrogens (tertiary/aromatic N) is 3. The van der Waals surface area contributed by atoms with E-state index in [4.69, 9.17) is 11.6 Å². The van der Waals surface area contributed by atoms with Gasteiger partial charge in [-0.05, 0) is 12.1 Å². The molecular formula is C12H9ClN4OS. The summed E-state index contributed by atoms with van der Waals surface area (Å²) in [6, 6.07) is 5.06. The molecule has 0 bridgehead atoms. The predicted octanol–water partition coefficient (Wildman–Crippen LogP) is 2.55. The van der Waals surface area contributed by atoms with E-state index in [9.17, 15) is 4.79 Å². The van der Waals surface area contributed by atoms with E-state index >= 15 is 0 Å². The molecule has 0 saturated heterocycles. The minimum absolute atomic E-state index is 0.201. The summed E-state index contributed by atoms with van der Waals surface area (Å²) in [7, 11) is 1.82. The lowest BCUT2D eigenvalue weighted by Crippen LogP contribution is -2.07. The summed E-state index contributed by atoms with van der Waals surface area (Å²) >= 11 is 7.27. The molecule has 3 aromatic heterocycles. The normalized spacial score (nSPS) is 10.8. The standard InChI is InChI=1S/C12H9ClN4OS/c1-17-6-7(5-14-17)8-4-11(18)16-12(15-8)9-2-3-10(13)19-9/h2-6H,1H3,(H,15,16,18). The van der Waals surface area contributed by atoms with Crippen molar-refractivity contribution in [2.24, 2.45) is 7.05 Å². The molecule has 96 valence electrons. The van der Waals surface area contributed by atoms with Gasteiger partial charge in [0.1, 0.15) is 0 Å². The average molecular weight is 293 g/mol. The van der Waals surface area contributed by atoms with Crippen molar-refractivity contribution in [2.45, 2.75) is 0 Å². The number of hydrogen-bond donors (Lipinski definition) is 1. The minimum Gasteiger partial charge on any atom is -0.306 e. The largest absolute Gasteiger partial charge is 0.306 e. The van der Waals surface area contributed by atoms with Crippen molar-refractivity contribution in [3.63, 3.8) is 0 Å². The molecule has 3 aromatic rings. The average Bonchev–Trinajstić information content (AvgIpc) is 2.97. The van der Waals surface area contributed by atoms with Crippen molar-refractivity contribution in [1.29, 1.82) is 0 Å². The summed E-state index contributed by atoms with van der Waals surface area (Å²) in [5.74, 6) is 0.517. The van der Waals surface area contributed by atoms with E-state index in [1.807, 2.05) is 19.3 Å². The second-order valence-corrected chi connectivity index (χ2v) is 5.70. The SMILES string of the molecule is Cn1cc(-c2cc(=O)[nH]c(-c3ccc(Cl)s3)n2)cn1. The molecule has 0 aliphatic heterocycles. The van der Waals surface area contributed by atoms with Crippen LogP contribution in [0, 0.1) is 0 Å². The molecular weight excluding hydrogens is 284 g/mol. The van der Waals surface area contributed by atoms with E-state index in [1.165, 1.54) is 17.4 Å². The van der Waals surface area contributed by atoms with Crippen molar-refractivity contribution in [3.05, 3.63) is 45.3 Å². The number of halogens is 1. The van der Waals surface area contributed by atoms with E-state index in [0.717, 1.165) is 10.4 Å². The van der Waals surface area contributed by atoms with E-state index in [2.05, 4.69) is 15.1 Å². The van der Waals surface area contributed by atoms with Crippen LogP contribution >= 0.6 is 22.9 Å². The molecule has 0 aliphatic rings. The molecule has 19 heavy (non-hydrogen) atoms. The van der Waals surface area contributed by atoms with Gasteiger partial charge in [0, 0.05) is 24.9 Å². The van der Waals surface area contributed by atoms with E-state index < -0.39 is 0 Å². The Morgan fingerprint density at radius 3 is 2.89 bits per heavy atom. The highest BCUT2D eigenvalue weighted by Crippen LogP contribution is 2.29. The lowest BCUT2D eigenvalue weighted by Gasteiger charge is -2.00. The second kappa shape index (κ2) is 4.64. The third-order valence-electron chi connectivity index (χ3n) is 2.55. The lowest BCUT2D eigenvalue weighted by atomic mass is 10.2. The summed E-state index contributed by atoms with van der Waals surface area (Å²) in [6.45, 7) is 0. The smallest absolute Gasteiger partial charge is 0.251 e. The van der Waals surface area contributed by atoms with Gasteiger partial charge in [-0.2, -0.15) is 5.10 Å². The molecule has 3 rings (SSSR count). The van der Waals surface area contributed by atoms with Gasteiger partial charge in [0.25, 0.3) is 5.56 Å². The van der Waals surface area contributed by atoms with Crippen molar-refractivity contribution in [3.8, 4) is 22.0 Å². The van der Waals surface area contributed by atoms with Crippen LogP contribution in [-0.4, -0.2) is 19.7 Å². The molecule has 0 fully saturated rings. The van der Waals surface area contributed by atoms with Gasteiger partial charge in [-0.25, -0.2) is 4.98 Å². The Hall–Kier alpha value is -1.92. The van der Waals surface area contributed by atoms with Crippen LogP contribution in [0.2, 0.25) is 4.34 Å². The molecule has 7 heteroatoms. The first kappa shape index (κ1) is 12.1. The number of aromatic nitrogens is 4. The first-order valence-corrected chi connectivity index (χ1v) is 6.67. The van der Waals surface area contributed by atoms with E-state index in [1.54, 1.807) is 16.9 Å². The molecule has 0 saturated carbocycles. The molecule has 0 unspecified atom stereocenters. The van der Waals surface area contributed by atoms with Gasteiger partial charge in [-0.15, -0.1) is 11.3 Å². The Labute approximate surface area is 117 Å². The highest BCUT2D eigenvalue weighted by Gasteiger charge is 2.09. The van der Waals surface area contributed by atoms with Crippen LogP contribution in [-0.2, 0) is 7.05 Å². The Balaban J connectivity index is 2.13. The minimum atomic E-state index is -0.201. The molecule has 0 radical (unpaired) electrons. The van der Waals surface area contributed by atoms with Crippen LogP contribution in [0.25, 0.3) is 22.0 Å². The van der Waals surface area contributed by atoms with Crippen molar-refractivity contribution in [1.82, 2.24) is 19.7 Å². The lowest BCUT2D eigenvalue weighted by molar-refractivity contribution is 0.768. The number of hydrogen-bond acceptors (Lipinski definition) is 4. The zero-order chi connectivity index (χ0) is 13.4. The van der Waals surface area contributed by atoms with Gasteiger partial charge < -0.3 is 4.98 Å². The second-order valence-electron chi connectivity index (χ2n) is 3.99. The van der Waals surface area contributed by atoms with Crippen LogP contribution in [0.15, 0.2) is 35.4 Å². The highest BCUT2D eigenvalue weighted by atomic mass is 35.5. The van der Waals surface area contributed by atoms with Gasteiger partial charge in [0.05, 0.1) is 21.1 Å². The maximum atomic E-state index is 11.7. The maximum Gasteiger partial charge on any atom is 0.251 e. The Morgan fingerprint density at radius 1 is 1.42 bits per heavy atom. The van der Waals surface area contributed by atoms with Crippen molar-refractivity contribution in [2.75, 3.05) is 0 Å². The van der Waals surface area contributed by atoms with Gasteiger partial charge in [-0.3, -0.25) is 9.48 Å². The number of aromatic amines is 1. The topological polar surface area (TPSA) is 63.6 Å². The first-order chi connectivity index (χ1) is 9.11. The first-order valence-electron chi connectivity index (χ1n) is 5.48. The van der Waals surface area contributed by atoms with Gasteiger partial charge in [-0.1, -0.05) is 11.6 Å². The maximum absolute atomic E-state index is 11.7. The molecule has 3 heterocycles. The van der Waals surface area contributed by atoms with E-state index in [-0.39, 0.29) is 5.56 Å². The van der Waals surface area contributed by atoms with Crippen LogP contribution in [0.5, 0.6) is 0 Å². The summed E-state index contributed by atoms with van der Waals surface area (Å²) in [6.07, 6.45) is 3.49. The number of thiophene rings is 1. The van der Waals surface area contributed by atoms with Gasteiger partial charge in [0.15, 0.2) is 5.82 Å². The van der Waals surface area contributed by atoms with Crippen molar-refractivity contribution >= 4 is 22.9 Å². The van der Waals surface area contributed by atoms with Crippen LogP contribution < -0.4 is 5.56 Å². The Morgan fingerprint density at radius 2 is 2.26 bits per heavy atom. The fourth-order valence-corrected chi connectivity index (χ4v) is 2.71. The van der Waals surface area contributed by atoms with E-state index in [0.29, 0.717) is 15.9 Å². The Kier molecular flexibility index (Phi) is 2.96. The van der Waals surface area contributed by atoms with Gasteiger partial charge >= 0.3 is 0 Å². The molecule has 0 aromatic carbocycles.